The maximum atomic E-state index is 5.87. The number of nitrogens with one attached hydrogen (secondary N) is 1. The van der Waals surface area contributed by atoms with E-state index < -0.39 is 0 Å². The highest BCUT2D eigenvalue weighted by Crippen LogP contribution is 2.22. The van der Waals surface area contributed by atoms with E-state index in [1.54, 1.807) is 0 Å². The van der Waals surface area contributed by atoms with Crippen LogP contribution in [0.4, 0.5) is 0 Å². The number of hydrogen-bond donors (Lipinski definition) is 1. The van der Waals surface area contributed by atoms with Crippen LogP contribution in [-0.2, 0) is 11.3 Å². The lowest BCUT2D eigenvalue weighted by molar-refractivity contribution is -0.0368. The lowest BCUT2D eigenvalue weighted by atomic mass is 10.1. The van der Waals surface area contributed by atoms with Gasteiger partial charge < -0.3 is 9.72 Å². The number of rotatable bonds is 3. The number of imidazole rings is 1. The standard InChI is InChI=1S/C18H20N4O/c1-13-10-20-18(21-13)17-12-22(7-8-23-17)11-14-4-5-16-15(9-14)3-2-6-19-16/h2-6,9-10,17H,7-8,11-12H2,1H3,(H,20,21). The number of H-pyrrole nitrogens is 1. The normalized spacial score (nSPS) is 19.3. The lowest BCUT2D eigenvalue weighted by Crippen LogP contribution is -2.38. The highest BCUT2D eigenvalue weighted by atomic mass is 16.5. The van der Waals surface area contributed by atoms with Crippen LogP contribution in [0.2, 0.25) is 0 Å². The predicted molar refractivity (Wildman–Crippen MR) is 89.0 cm³/mol. The molecule has 3 heterocycles. The summed E-state index contributed by atoms with van der Waals surface area (Å²) in [5.74, 6) is 0.926. The summed E-state index contributed by atoms with van der Waals surface area (Å²) < 4.78 is 5.87. The Morgan fingerprint density at radius 1 is 1.30 bits per heavy atom. The Labute approximate surface area is 135 Å². The average molecular weight is 308 g/mol. The van der Waals surface area contributed by atoms with Gasteiger partial charge in [0.15, 0.2) is 0 Å². The van der Waals surface area contributed by atoms with Crippen molar-refractivity contribution in [1.82, 2.24) is 19.9 Å². The van der Waals surface area contributed by atoms with Crippen LogP contribution < -0.4 is 0 Å². The molecule has 1 saturated heterocycles. The summed E-state index contributed by atoms with van der Waals surface area (Å²) in [7, 11) is 0. The van der Waals surface area contributed by atoms with Gasteiger partial charge in [-0.2, -0.15) is 0 Å². The van der Waals surface area contributed by atoms with Crippen LogP contribution in [-0.4, -0.2) is 39.5 Å². The summed E-state index contributed by atoms with van der Waals surface area (Å²) in [5.41, 5.74) is 3.42. The van der Waals surface area contributed by atoms with Gasteiger partial charge in [0.1, 0.15) is 11.9 Å². The molecule has 1 aliphatic heterocycles. The van der Waals surface area contributed by atoms with Crippen molar-refractivity contribution < 1.29 is 4.74 Å². The van der Waals surface area contributed by atoms with Crippen molar-refractivity contribution in [3.8, 4) is 0 Å². The van der Waals surface area contributed by atoms with E-state index in [0.29, 0.717) is 0 Å². The number of hydrogen-bond acceptors (Lipinski definition) is 4. The molecule has 0 bridgehead atoms. The zero-order chi connectivity index (χ0) is 15.6. The largest absolute Gasteiger partial charge is 0.368 e. The average Bonchev–Trinajstić information content (AvgIpc) is 3.02. The first-order chi connectivity index (χ1) is 11.3. The van der Waals surface area contributed by atoms with Gasteiger partial charge in [0, 0.05) is 43.1 Å². The molecule has 5 nitrogen and oxygen atoms in total. The minimum Gasteiger partial charge on any atom is -0.368 e. The van der Waals surface area contributed by atoms with Crippen molar-refractivity contribution in [3.63, 3.8) is 0 Å². The van der Waals surface area contributed by atoms with Crippen molar-refractivity contribution in [2.45, 2.75) is 19.6 Å². The van der Waals surface area contributed by atoms with E-state index in [4.69, 9.17) is 4.74 Å². The van der Waals surface area contributed by atoms with Gasteiger partial charge in [0.2, 0.25) is 0 Å². The molecule has 0 saturated carbocycles. The molecule has 1 fully saturated rings. The molecule has 1 unspecified atom stereocenters. The number of pyridine rings is 1. The molecule has 23 heavy (non-hydrogen) atoms. The molecule has 2 aromatic heterocycles. The fourth-order valence-corrected chi connectivity index (χ4v) is 3.09. The molecule has 4 rings (SSSR count). The van der Waals surface area contributed by atoms with Crippen molar-refractivity contribution in [2.75, 3.05) is 19.7 Å². The minimum absolute atomic E-state index is 0.0274. The SMILES string of the molecule is Cc1cnc(C2CN(Cc3ccc4ncccc4c3)CCO2)[nH]1. The number of ether oxygens (including phenoxy) is 1. The monoisotopic (exact) mass is 308 g/mol. The maximum Gasteiger partial charge on any atom is 0.136 e. The molecule has 1 aromatic carbocycles. The second kappa shape index (κ2) is 6.10. The number of nitrogens with zero attached hydrogens (tertiary/aromatic N) is 3. The number of fused-ring (bicyclic) bond motifs is 1. The smallest absolute Gasteiger partial charge is 0.136 e. The third-order valence-corrected chi connectivity index (χ3v) is 4.25. The lowest BCUT2D eigenvalue weighted by Gasteiger charge is -2.32. The minimum atomic E-state index is 0.0274. The van der Waals surface area contributed by atoms with E-state index in [1.165, 1.54) is 10.9 Å². The van der Waals surface area contributed by atoms with Crippen LogP contribution in [0.25, 0.3) is 10.9 Å². The number of aromatic amines is 1. The molecule has 5 heteroatoms. The molecule has 1 atom stereocenters. The molecule has 0 radical (unpaired) electrons. The fourth-order valence-electron chi connectivity index (χ4n) is 3.09. The first kappa shape index (κ1) is 14.4. The van der Waals surface area contributed by atoms with Gasteiger partial charge in [-0.25, -0.2) is 4.98 Å². The van der Waals surface area contributed by atoms with Gasteiger partial charge in [-0.3, -0.25) is 9.88 Å². The zero-order valence-electron chi connectivity index (χ0n) is 13.2. The van der Waals surface area contributed by atoms with E-state index in [0.717, 1.165) is 43.3 Å². The van der Waals surface area contributed by atoms with Crippen molar-refractivity contribution in [2.24, 2.45) is 0 Å². The molecule has 1 N–H and O–H groups in total. The van der Waals surface area contributed by atoms with Crippen LogP contribution in [0.1, 0.15) is 23.2 Å². The quantitative estimate of drug-likeness (QED) is 0.808. The number of aryl methyl sites for hydroxylation is 1. The Balaban J connectivity index is 1.48. The van der Waals surface area contributed by atoms with Crippen LogP contribution in [0.15, 0.2) is 42.7 Å². The first-order valence-corrected chi connectivity index (χ1v) is 7.97. The number of benzene rings is 1. The maximum absolute atomic E-state index is 5.87. The van der Waals surface area contributed by atoms with Gasteiger partial charge in [-0.05, 0) is 30.7 Å². The predicted octanol–water partition coefficient (Wildman–Crippen LogP) is 2.84. The second-order valence-corrected chi connectivity index (χ2v) is 6.08. The molecule has 118 valence electrons. The Hall–Kier alpha value is -2.24. The van der Waals surface area contributed by atoms with Crippen molar-refractivity contribution in [1.29, 1.82) is 0 Å². The summed E-state index contributed by atoms with van der Waals surface area (Å²) in [6, 6.07) is 10.6. The van der Waals surface area contributed by atoms with Crippen LogP contribution in [0.3, 0.4) is 0 Å². The summed E-state index contributed by atoms with van der Waals surface area (Å²) in [6.45, 7) is 5.48. The summed E-state index contributed by atoms with van der Waals surface area (Å²) in [5, 5.41) is 1.19. The third-order valence-electron chi connectivity index (χ3n) is 4.25. The van der Waals surface area contributed by atoms with E-state index in [2.05, 4.69) is 44.1 Å². The molecule has 0 aliphatic carbocycles. The Bertz CT molecular complexity index is 813. The van der Waals surface area contributed by atoms with Crippen molar-refractivity contribution >= 4 is 10.9 Å². The van der Waals surface area contributed by atoms with Crippen LogP contribution in [0, 0.1) is 6.92 Å². The van der Waals surface area contributed by atoms with Crippen LogP contribution in [0.5, 0.6) is 0 Å². The highest BCUT2D eigenvalue weighted by molar-refractivity contribution is 5.78. The molecule has 0 spiro atoms. The Morgan fingerprint density at radius 3 is 3.13 bits per heavy atom. The molecule has 0 amide bonds. The number of morpholine rings is 1. The van der Waals surface area contributed by atoms with Crippen molar-refractivity contribution in [3.05, 3.63) is 59.8 Å². The highest BCUT2D eigenvalue weighted by Gasteiger charge is 2.24. The van der Waals surface area contributed by atoms with E-state index >= 15 is 0 Å². The first-order valence-electron chi connectivity index (χ1n) is 7.97. The third kappa shape index (κ3) is 3.11. The summed E-state index contributed by atoms with van der Waals surface area (Å²) in [6.07, 6.45) is 3.72. The number of aromatic nitrogens is 3. The molecule has 3 aromatic rings. The van der Waals surface area contributed by atoms with E-state index in [-0.39, 0.29) is 6.10 Å². The Morgan fingerprint density at radius 2 is 2.26 bits per heavy atom. The zero-order valence-corrected chi connectivity index (χ0v) is 13.2. The molecule has 1 aliphatic rings. The fraction of sp³-hybridized carbons (Fsp3) is 0.333. The topological polar surface area (TPSA) is 54.0 Å². The van der Waals surface area contributed by atoms with Gasteiger partial charge in [-0.15, -0.1) is 0 Å². The van der Waals surface area contributed by atoms with Gasteiger partial charge in [-0.1, -0.05) is 12.1 Å². The second-order valence-electron chi connectivity index (χ2n) is 6.08. The van der Waals surface area contributed by atoms with E-state index in [9.17, 15) is 0 Å². The van der Waals surface area contributed by atoms with Gasteiger partial charge in [0.25, 0.3) is 0 Å². The Kier molecular flexibility index (Phi) is 3.81. The van der Waals surface area contributed by atoms with Gasteiger partial charge >= 0.3 is 0 Å². The molecular formula is C18H20N4O. The summed E-state index contributed by atoms with van der Waals surface area (Å²) in [4.78, 5) is 14.5. The van der Waals surface area contributed by atoms with Crippen LogP contribution >= 0.6 is 0 Å². The summed E-state index contributed by atoms with van der Waals surface area (Å²) >= 11 is 0. The van der Waals surface area contributed by atoms with Gasteiger partial charge in [0.05, 0.1) is 12.1 Å². The van der Waals surface area contributed by atoms with E-state index in [1.807, 2.05) is 25.4 Å². The molecular weight excluding hydrogens is 288 g/mol.